The van der Waals surface area contributed by atoms with Crippen LogP contribution in [0.3, 0.4) is 0 Å². The molecular formula is C6H3N6O4. The molecule has 2 heterocycles. The van der Waals surface area contributed by atoms with E-state index >= 15 is 0 Å². The summed E-state index contributed by atoms with van der Waals surface area (Å²) in [5.41, 5.74) is -0.704. The molecule has 0 amide bonds. The summed E-state index contributed by atoms with van der Waals surface area (Å²) < 4.78 is 0. The van der Waals surface area contributed by atoms with Gasteiger partial charge in [-0.15, -0.1) is 0 Å². The summed E-state index contributed by atoms with van der Waals surface area (Å²) in [6.07, 6.45) is 3.17. The second kappa shape index (κ2) is 3.42. The Morgan fingerprint density at radius 2 is 2.06 bits per heavy atom. The van der Waals surface area contributed by atoms with Crippen molar-refractivity contribution in [2.45, 2.75) is 0 Å². The van der Waals surface area contributed by atoms with Gasteiger partial charge in [0, 0.05) is 0 Å². The number of nitro groups is 2. The van der Waals surface area contributed by atoms with Gasteiger partial charge in [0.2, 0.25) is 0 Å². The van der Waals surface area contributed by atoms with Gasteiger partial charge in [-0.1, -0.05) is 0 Å². The molecule has 1 radical (unpaired) electrons. The molecule has 2 N–H and O–H groups in total. The van der Waals surface area contributed by atoms with Gasteiger partial charge in [-0.2, -0.15) is 5.10 Å². The Morgan fingerprint density at radius 3 is 2.69 bits per heavy atom. The van der Waals surface area contributed by atoms with Gasteiger partial charge < -0.3 is 15.1 Å². The number of nitrogens with zero attached hydrogens (tertiary/aromatic N) is 4. The molecule has 16 heavy (non-hydrogen) atoms. The van der Waals surface area contributed by atoms with E-state index in [1.165, 1.54) is 0 Å². The Morgan fingerprint density at radius 1 is 1.31 bits per heavy atom. The van der Waals surface area contributed by atoms with Crippen LogP contribution in [0, 0.1) is 26.6 Å². The maximum atomic E-state index is 10.6. The summed E-state index contributed by atoms with van der Waals surface area (Å²) in [5.74, 6) is -0.560. The summed E-state index contributed by atoms with van der Waals surface area (Å²) in [4.78, 5) is 25.3. The van der Waals surface area contributed by atoms with E-state index in [-0.39, 0.29) is 17.1 Å². The quantitative estimate of drug-likeness (QED) is 0.569. The summed E-state index contributed by atoms with van der Waals surface area (Å²) in [7, 11) is 0. The van der Waals surface area contributed by atoms with E-state index in [1.807, 2.05) is 0 Å². The van der Waals surface area contributed by atoms with Crippen molar-refractivity contribution in [3.05, 3.63) is 32.8 Å². The third-order valence-electron chi connectivity index (χ3n) is 1.79. The van der Waals surface area contributed by atoms with Gasteiger partial charge in [0.1, 0.15) is 6.20 Å². The number of nitrogens with one attached hydrogen (secondary N) is 2. The molecule has 10 nitrogen and oxygen atoms in total. The normalized spacial score (nSPS) is 10.2. The number of imidazole rings is 1. The van der Waals surface area contributed by atoms with Crippen molar-refractivity contribution in [3.8, 4) is 11.4 Å². The summed E-state index contributed by atoms with van der Waals surface area (Å²) in [6.45, 7) is 0. The summed E-state index contributed by atoms with van der Waals surface area (Å²) >= 11 is 0. The standard InChI is InChI=1S/C6H3N6O4/c13-11(14)3-1-9-10-4(3)5-6(12(15)16)8-2-7-5/h1H,(H,7,8)(H,9,10). The fourth-order valence-electron chi connectivity index (χ4n) is 1.15. The van der Waals surface area contributed by atoms with Crippen LogP contribution in [0.25, 0.3) is 11.4 Å². The molecule has 0 saturated heterocycles. The number of hydrogen-bond acceptors (Lipinski definition) is 6. The Hall–Kier alpha value is -2.78. The average Bonchev–Trinajstić information content (AvgIpc) is 2.85. The number of H-pyrrole nitrogens is 2. The largest absolute Gasteiger partial charge is 0.392 e. The van der Waals surface area contributed by atoms with Crippen molar-refractivity contribution in [1.82, 2.24) is 20.2 Å². The Labute approximate surface area is 86.6 Å². The molecule has 0 spiro atoms. The molecule has 0 unspecified atom stereocenters. The fraction of sp³-hybridized carbons (Fsp3) is 0. The van der Waals surface area contributed by atoms with Crippen LogP contribution in [0.1, 0.15) is 0 Å². The van der Waals surface area contributed by atoms with Crippen LogP contribution in [0.2, 0.25) is 0 Å². The molecule has 81 valence electrons. The van der Waals surface area contributed by atoms with Crippen molar-refractivity contribution >= 4 is 11.5 Å². The van der Waals surface area contributed by atoms with Gasteiger partial charge >= 0.3 is 17.8 Å². The number of aromatic nitrogens is 4. The van der Waals surface area contributed by atoms with E-state index in [0.717, 1.165) is 6.20 Å². The zero-order valence-corrected chi connectivity index (χ0v) is 7.50. The maximum absolute atomic E-state index is 10.6. The molecular weight excluding hydrogens is 220 g/mol. The highest BCUT2D eigenvalue weighted by molar-refractivity contribution is 5.71. The second-order valence-electron chi connectivity index (χ2n) is 2.68. The summed E-state index contributed by atoms with van der Waals surface area (Å²) in [5, 5.41) is 27.0. The van der Waals surface area contributed by atoms with E-state index in [9.17, 15) is 20.2 Å². The lowest BCUT2D eigenvalue weighted by Crippen LogP contribution is -1.94. The molecule has 0 aliphatic rings. The Kier molecular flexibility index (Phi) is 2.08. The van der Waals surface area contributed by atoms with E-state index in [0.29, 0.717) is 0 Å². The maximum Gasteiger partial charge on any atom is 0.392 e. The van der Waals surface area contributed by atoms with Gasteiger partial charge in [-0.25, -0.2) is 0 Å². The van der Waals surface area contributed by atoms with Crippen LogP contribution in [-0.2, 0) is 0 Å². The average molecular weight is 223 g/mol. The molecule has 10 heteroatoms. The van der Waals surface area contributed by atoms with Crippen molar-refractivity contribution in [2.75, 3.05) is 0 Å². The molecule has 2 aromatic rings. The predicted molar refractivity (Wildman–Crippen MR) is 48.3 cm³/mol. The zero-order chi connectivity index (χ0) is 11.7. The van der Waals surface area contributed by atoms with Crippen LogP contribution in [0.4, 0.5) is 11.5 Å². The van der Waals surface area contributed by atoms with Crippen molar-refractivity contribution in [3.63, 3.8) is 0 Å². The predicted octanol–water partition coefficient (Wildman–Crippen LogP) is 0.416. The minimum Gasteiger partial charge on any atom is -0.358 e. The molecule has 0 fully saturated rings. The van der Waals surface area contributed by atoms with E-state index in [1.54, 1.807) is 0 Å². The lowest BCUT2D eigenvalue weighted by Gasteiger charge is -1.92. The van der Waals surface area contributed by atoms with Gasteiger partial charge in [-0.3, -0.25) is 15.2 Å². The fourth-order valence-corrected chi connectivity index (χ4v) is 1.15. The number of rotatable bonds is 3. The molecule has 0 atom stereocenters. The topological polar surface area (TPSA) is 144 Å². The highest BCUT2D eigenvalue weighted by atomic mass is 16.6. The van der Waals surface area contributed by atoms with Gasteiger partial charge in [0.05, 0.1) is 4.92 Å². The second-order valence-corrected chi connectivity index (χ2v) is 2.68. The monoisotopic (exact) mass is 223 g/mol. The number of hydrogen-bond donors (Lipinski definition) is 2. The lowest BCUT2D eigenvalue weighted by atomic mass is 10.3. The Bertz CT molecular complexity index is 507. The van der Waals surface area contributed by atoms with E-state index in [2.05, 4.69) is 26.5 Å². The minimum atomic E-state index is -0.777. The minimum absolute atomic E-state index is 0.155. The number of aromatic amines is 2. The molecule has 0 bridgehead atoms. The molecule has 0 saturated carbocycles. The highest BCUT2D eigenvalue weighted by Gasteiger charge is 2.28. The molecule has 0 aromatic carbocycles. The van der Waals surface area contributed by atoms with Crippen LogP contribution >= 0.6 is 0 Å². The molecule has 2 aromatic heterocycles. The first-order valence-corrected chi connectivity index (χ1v) is 3.90. The van der Waals surface area contributed by atoms with E-state index < -0.39 is 15.7 Å². The summed E-state index contributed by atoms with van der Waals surface area (Å²) in [6, 6.07) is 0. The van der Waals surface area contributed by atoms with Crippen LogP contribution in [0.5, 0.6) is 0 Å². The first kappa shape index (κ1) is 9.76. The first-order valence-electron chi connectivity index (χ1n) is 3.90. The molecule has 0 aliphatic carbocycles. The zero-order valence-electron chi connectivity index (χ0n) is 7.50. The van der Waals surface area contributed by atoms with Crippen LogP contribution in [0.15, 0.2) is 6.20 Å². The van der Waals surface area contributed by atoms with Gasteiger partial charge in [0.25, 0.3) is 0 Å². The van der Waals surface area contributed by atoms with E-state index in [4.69, 9.17) is 0 Å². The highest BCUT2D eigenvalue weighted by Crippen LogP contribution is 2.30. The third kappa shape index (κ3) is 1.37. The van der Waals surface area contributed by atoms with Crippen LogP contribution in [-0.4, -0.2) is 30.0 Å². The lowest BCUT2D eigenvalue weighted by molar-refractivity contribution is -0.389. The Balaban J connectivity index is 2.59. The van der Waals surface area contributed by atoms with Crippen LogP contribution < -0.4 is 0 Å². The van der Waals surface area contributed by atoms with Gasteiger partial charge in [0.15, 0.2) is 11.4 Å². The molecule has 0 aliphatic heterocycles. The van der Waals surface area contributed by atoms with Crippen molar-refractivity contribution in [2.24, 2.45) is 0 Å². The first-order chi connectivity index (χ1) is 7.61. The van der Waals surface area contributed by atoms with Crippen molar-refractivity contribution in [1.29, 1.82) is 0 Å². The smallest absolute Gasteiger partial charge is 0.358 e. The molecule has 2 rings (SSSR count). The third-order valence-corrected chi connectivity index (χ3v) is 1.79. The van der Waals surface area contributed by atoms with Gasteiger partial charge in [-0.05, 0) is 9.91 Å². The SMILES string of the molecule is O=[N+]([O-])c1c[nH]nc1-c1[nH][c]nc1[N+](=O)[O-]. The van der Waals surface area contributed by atoms with Crippen molar-refractivity contribution < 1.29 is 9.85 Å².